The maximum Gasteiger partial charge on any atom is 0.0527 e. The molecule has 0 fully saturated rings. The first-order chi connectivity index (χ1) is 4.22. The molecular formula is C8H15N. The summed E-state index contributed by atoms with van der Waals surface area (Å²) in [4.78, 5) is 4.20. The normalized spacial score (nSPS) is 17.7. The van der Waals surface area contributed by atoms with Crippen molar-refractivity contribution in [2.24, 2.45) is 10.9 Å². The highest BCUT2D eigenvalue weighted by molar-refractivity contribution is 5.53. The maximum absolute atomic E-state index is 4.20. The van der Waals surface area contributed by atoms with Gasteiger partial charge < -0.3 is 0 Å². The highest BCUT2D eigenvalue weighted by Crippen LogP contribution is 2.05. The Morgan fingerprint density at radius 1 is 1.44 bits per heavy atom. The van der Waals surface area contributed by atoms with Crippen LogP contribution in [-0.2, 0) is 0 Å². The molecular weight excluding hydrogens is 110 g/mol. The molecule has 0 N–H and O–H groups in total. The van der Waals surface area contributed by atoms with E-state index < -0.39 is 0 Å². The standard InChI is InChI=1S/C8H15N/c1-5-7(3)8(4)9-6-2/h5-8H,1H2,2-4H3. The second-order valence-electron chi connectivity index (χ2n) is 2.24. The smallest absolute Gasteiger partial charge is 0.0527 e. The van der Waals surface area contributed by atoms with Gasteiger partial charge in [-0.2, -0.15) is 0 Å². The fraction of sp³-hybridized carbons (Fsp3) is 0.625. The van der Waals surface area contributed by atoms with Crippen LogP contribution in [0.25, 0.3) is 0 Å². The van der Waals surface area contributed by atoms with Crippen LogP contribution in [0.4, 0.5) is 0 Å². The summed E-state index contributed by atoms with van der Waals surface area (Å²) >= 11 is 0. The summed E-state index contributed by atoms with van der Waals surface area (Å²) in [7, 11) is 0. The second-order valence-corrected chi connectivity index (χ2v) is 2.24. The van der Waals surface area contributed by atoms with Crippen molar-refractivity contribution < 1.29 is 0 Å². The molecule has 0 aromatic rings. The van der Waals surface area contributed by atoms with Crippen LogP contribution in [0.3, 0.4) is 0 Å². The highest BCUT2D eigenvalue weighted by Gasteiger charge is 2.03. The number of aliphatic imine (C=N–C) groups is 1. The molecule has 0 saturated carbocycles. The Bertz CT molecular complexity index is 105. The Kier molecular flexibility index (Phi) is 4.02. The third-order valence-electron chi connectivity index (χ3n) is 1.52. The molecule has 0 bridgehead atoms. The van der Waals surface area contributed by atoms with E-state index >= 15 is 0 Å². The van der Waals surface area contributed by atoms with Crippen LogP contribution in [0.1, 0.15) is 20.8 Å². The van der Waals surface area contributed by atoms with E-state index in [1.54, 1.807) is 0 Å². The van der Waals surface area contributed by atoms with Crippen molar-refractivity contribution in [3.8, 4) is 0 Å². The van der Waals surface area contributed by atoms with Crippen molar-refractivity contribution in [2.75, 3.05) is 0 Å². The van der Waals surface area contributed by atoms with Gasteiger partial charge in [-0.25, -0.2) is 0 Å². The van der Waals surface area contributed by atoms with E-state index in [1.165, 1.54) is 0 Å². The molecule has 0 aromatic carbocycles. The first kappa shape index (κ1) is 8.41. The zero-order chi connectivity index (χ0) is 7.28. The maximum atomic E-state index is 4.20. The summed E-state index contributed by atoms with van der Waals surface area (Å²) in [5, 5.41) is 0. The lowest BCUT2D eigenvalue weighted by Gasteiger charge is -2.09. The third kappa shape index (κ3) is 3.07. The fourth-order valence-electron chi connectivity index (χ4n) is 0.568. The Hall–Kier alpha value is -0.590. The molecule has 0 aliphatic carbocycles. The van der Waals surface area contributed by atoms with Crippen LogP contribution >= 0.6 is 0 Å². The Labute approximate surface area is 57.5 Å². The predicted molar refractivity (Wildman–Crippen MR) is 43.0 cm³/mol. The van der Waals surface area contributed by atoms with E-state index in [4.69, 9.17) is 0 Å². The van der Waals surface area contributed by atoms with E-state index in [1.807, 2.05) is 19.2 Å². The van der Waals surface area contributed by atoms with E-state index in [-0.39, 0.29) is 0 Å². The number of rotatable bonds is 3. The van der Waals surface area contributed by atoms with Crippen molar-refractivity contribution >= 4 is 6.21 Å². The quantitative estimate of drug-likeness (QED) is 0.405. The van der Waals surface area contributed by atoms with Gasteiger partial charge in [-0.1, -0.05) is 13.0 Å². The van der Waals surface area contributed by atoms with Crippen LogP contribution in [0, 0.1) is 5.92 Å². The van der Waals surface area contributed by atoms with Gasteiger partial charge in [0.15, 0.2) is 0 Å². The van der Waals surface area contributed by atoms with Gasteiger partial charge >= 0.3 is 0 Å². The third-order valence-corrected chi connectivity index (χ3v) is 1.52. The van der Waals surface area contributed by atoms with Crippen molar-refractivity contribution in [2.45, 2.75) is 26.8 Å². The molecule has 0 aliphatic rings. The molecule has 0 saturated heterocycles. The fourth-order valence-corrected chi connectivity index (χ4v) is 0.568. The van der Waals surface area contributed by atoms with Gasteiger partial charge in [0.05, 0.1) is 6.04 Å². The van der Waals surface area contributed by atoms with Gasteiger partial charge in [-0.15, -0.1) is 6.58 Å². The van der Waals surface area contributed by atoms with Crippen molar-refractivity contribution in [1.82, 2.24) is 0 Å². The minimum absolute atomic E-state index is 0.382. The van der Waals surface area contributed by atoms with Gasteiger partial charge in [-0.3, -0.25) is 4.99 Å². The van der Waals surface area contributed by atoms with E-state index in [0.29, 0.717) is 12.0 Å². The largest absolute Gasteiger partial charge is 0.294 e. The highest BCUT2D eigenvalue weighted by atomic mass is 14.8. The predicted octanol–water partition coefficient (Wildman–Crippen LogP) is 2.29. The molecule has 1 nitrogen and oxygen atoms in total. The minimum atomic E-state index is 0.382. The van der Waals surface area contributed by atoms with Crippen LogP contribution in [0.5, 0.6) is 0 Å². The molecule has 0 aromatic heterocycles. The molecule has 0 spiro atoms. The van der Waals surface area contributed by atoms with Gasteiger partial charge in [-0.05, 0) is 26.0 Å². The Morgan fingerprint density at radius 3 is 2.33 bits per heavy atom. The number of hydrogen-bond acceptors (Lipinski definition) is 1. The second kappa shape index (κ2) is 4.30. The van der Waals surface area contributed by atoms with Crippen LogP contribution in [-0.4, -0.2) is 12.3 Å². The molecule has 0 rings (SSSR count). The van der Waals surface area contributed by atoms with Crippen LogP contribution in [0.2, 0.25) is 0 Å². The average molecular weight is 125 g/mol. The summed E-state index contributed by atoms with van der Waals surface area (Å²) in [5.41, 5.74) is 0. The van der Waals surface area contributed by atoms with Crippen LogP contribution < -0.4 is 0 Å². The number of nitrogens with zero attached hydrogens (tertiary/aromatic N) is 1. The zero-order valence-electron chi connectivity index (χ0n) is 6.46. The first-order valence-electron chi connectivity index (χ1n) is 3.32. The van der Waals surface area contributed by atoms with Gasteiger partial charge in [0.25, 0.3) is 0 Å². The molecule has 0 heterocycles. The lowest BCUT2D eigenvalue weighted by Crippen LogP contribution is -2.07. The van der Waals surface area contributed by atoms with Crippen LogP contribution in [0.15, 0.2) is 17.6 Å². The molecule has 0 amide bonds. The van der Waals surface area contributed by atoms with Gasteiger partial charge in [0, 0.05) is 0 Å². The summed E-state index contributed by atoms with van der Waals surface area (Å²) in [5.74, 6) is 0.487. The zero-order valence-corrected chi connectivity index (χ0v) is 6.46. The molecule has 52 valence electrons. The molecule has 1 heteroatoms. The average Bonchev–Trinajstić information content (AvgIpc) is 1.87. The Morgan fingerprint density at radius 2 is 2.00 bits per heavy atom. The monoisotopic (exact) mass is 125 g/mol. The topological polar surface area (TPSA) is 12.4 Å². The SMILES string of the molecule is C=CC(C)C(C)N=CC. The molecule has 0 aliphatic heterocycles. The van der Waals surface area contributed by atoms with Crippen molar-refractivity contribution in [3.63, 3.8) is 0 Å². The Balaban J connectivity index is 3.71. The first-order valence-corrected chi connectivity index (χ1v) is 3.32. The van der Waals surface area contributed by atoms with Crippen molar-refractivity contribution in [1.29, 1.82) is 0 Å². The van der Waals surface area contributed by atoms with Gasteiger partial charge in [0.2, 0.25) is 0 Å². The lowest BCUT2D eigenvalue weighted by atomic mass is 10.1. The van der Waals surface area contributed by atoms with E-state index in [9.17, 15) is 0 Å². The molecule has 2 unspecified atom stereocenters. The lowest BCUT2D eigenvalue weighted by molar-refractivity contribution is 0.587. The number of hydrogen-bond donors (Lipinski definition) is 0. The van der Waals surface area contributed by atoms with Crippen molar-refractivity contribution in [3.05, 3.63) is 12.7 Å². The van der Waals surface area contributed by atoms with Gasteiger partial charge in [0.1, 0.15) is 0 Å². The van der Waals surface area contributed by atoms with E-state index in [2.05, 4.69) is 25.4 Å². The summed E-state index contributed by atoms with van der Waals surface area (Å²) < 4.78 is 0. The minimum Gasteiger partial charge on any atom is -0.294 e. The summed E-state index contributed by atoms with van der Waals surface area (Å²) in [6, 6.07) is 0.382. The summed E-state index contributed by atoms with van der Waals surface area (Å²) in [6.45, 7) is 9.83. The summed E-state index contributed by atoms with van der Waals surface area (Å²) in [6.07, 6.45) is 3.77. The van der Waals surface area contributed by atoms with E-state index in [0.717, 1.165) is 0 Å². The molecule has 0 radical (unpaired) electrons. The molecule has 2 atom stereocenters. The molecule has 9 heavy (non-hydrogen) atoms.